The molecule has 1 N–H and O–H groups in total. The maximum absolute atomic E-state index is 14.4. The second kappa shape index (κ2) is 8.24. The lowest BCUT2D eigenvalue weighted by Crippen LogP contribution is -2.27. The summed E-state index contributed by atoms with van der Waals surface area (Å²) in [4.78, 5) is 12.5. The maximum atomic E-state index is 14.4. The molecule has 0 bridgehead atoms. The Bertz CT molecular complexity index is 1330. The van der Waals surface area contributed by atoms with E-state index in [1.54, 1.807) is 24.3 Å². The number of amides is 1. The molecular formula is C24H22ClFN4O2. The van der Waals surface area contributed by atoms with E-state index in [9.17, 15) is 9.18 Å². The lowest BCUT2D eigenvalue weighted by Gasteiger charge is -2.19. The van der Waals surface area contributed by atoms with Gasteiger partial charge in [-0.1, -0.05) is 32.4 Å². The fourth-order valence-electron chi connectivity index (χ4n) is 3.08. The van der Waals surface area contributed by atoms with Gasteiger partial charge in [0.25, 0.3) is 0 Å². The largest absolute Gasteiger partial charge is 0.454 e. The lowest BCUT2D eigenvalue weighted by atomic mass is 9.95. The molecule has 2 aromatic carbocycles. The van der Waals surface area contributed by atoms with Crippen molar-refractivity contribution in [3.8, 4) is 22.6 Å². The van der Waals surface area contributed by atoms with Gasteiger partial charge in [-0.2, -0.15) is 0 Å². The van der Waals surface area contributed by atoms with Crippen LogP contribution in [0.3, 0.4) is 0 Å². The van der Waals surface area contributed by atoms with E-state index < -0.39 is 11.2 Å². The van der Waals surface area contributed by atoms with Gasteiger partial charge in [-0.15, -0.1) is 10.2 Å². The molecule has 8 heteroatoms. The van der Waals surface area contributed by atoms with Gasteiger partial charge in [0.15, 0.2) is 17.2 Å². The molecule has 0 atom stereocenters. The van der Waals surface area contributed by atoms with Gasteiger partial charge in [-0.3, -0.25) is 9.20 Å². The van der Waals surface area contributed by atoms with Crippen LogP contribution in [0, 0.1) is 18.2 Å². The molecule has 0 aliphatic carbocycles. The van der Waals surface area contributed by atoms with Crippen LogP contribution < -0.4 is 10.1 Å². The Kier molecular flexibility index (Phi) is 5.60. The second-order valence-corrected chi connectivity index (χ2v) is 8.92. The smallest absolute Gasteiger partial charge is 0.229 e. The summed E-state index contributed by atoms with van der Waals surface area (Å²) in [5.41, 5.74) is 2.21. The first-order valence-corrected chi connectivity index (χ1v) is 10.4. The van der Waals surface area contributed by atoms with Gasteiger partial charge in [-0.05, 0) is 55.5 Å². The van der Waals surface area contributed by atoms with Crippen molar-refractivity contribution in [2.24, 2.45) is 5.41 Å². The molecule has 0 spiro atoms. The van der Waals surface area contributed by atoms with Crippen LogP contribution in [0.5, 0.6) is 11.5 Å². The standard InChI is InChI=1S/C24H22ClFN4O2/c1-14-28-29-22-10-5-15(13-30(14)22)18-12-17(27-23(31)24(2,3)4)7-9-20(18)32-21-8-6-16(25)11-19(21)26/h5-13H,1-4H3,(H,27,31). The third-order valence-corrected chi connectivity index (χ3v) is 5.15. The van der Waals surface area contributed by atoms with E-state index >= 15 is 0 Å². The molecule has 2 heterocycles. The van der Waals surface area contributed by atoms with E-state index in [4.69, 9.17) is 16.3 Å². The minimum Gasteiger partial charge on any atom is -0.454 e. The number of nitrogens with one attached hydrogen (secondary N) is 1. The number of ether oxygens (including phenoxy) is 1. The molecule has 0 saturated heterocycles. The highest BCUT2D eigenvalue weighted by Crippen LogP contribution is 2.37. The lowest BCUT2D eigenvalue weighted by molar-refractivity contribution is -0.123. The Balaban J connectivity index is 1.81. The first kappa shape index (κ1) is 21.8. The minimum absolute atomic E-state index is 0.0451. The fourth-order valence-corrected chi connectivity index (χ4v) is 3.24. The van der Waals surface area contributed by atoms with Crippen molar-refractivity contribution in [2.45, 2.75) is 27.7 Å². The highest BCUT2D eigenvalue weighted by Gasteiger charge is 2.22. The normalized spacial score (nSPS) is 11.6. The number of fused-ring (bicyclic) bond motifs is 1. The molecule has 0 unspecified atom stereocenters. The quantitative estimate of drug-likeness (QED) is 0.396. The molecule has 0 fully saturated rings. The summed E-state index contributed by atoms with van der Waals surface area (Å²) < 4.78 is 22.1. The number of aryl methyl sites for hydroxylation is 1. The zero-order chi connectivity index (χ0) is 23.0. The Morgan fingerprint density at radius 1 is 1.06 bits per heavy atom. The van der Waals surface area contributed by atoms with Gasteiger partial charge in [0, 0.05) is 33.4 Å². The SMILES string of the molecule is Cc1nnc2ccc(-c3cc(NC(=O)C(C)(C)C)ccc3Oc3ccc(Cl)cc3F)cn12. The van der Waals surface area contributed by atoms with E-state index in [2.05, 4.69) is 15.5 Å². The molecule has 1 amide bonds. The van der Waals surface area contributed by atoms with Crippen LogP contribution in [0.4, 0.5) is 10.1 Å². The van der Waals surface area contributed by atoms with Crippen LogP contribution in [0.1, 0.15) is 26.6 Å². The van der Waals surface area contributed by atoms with Gasteiger partial charge in [0.2, 0.25) is 5.91 Å². The number of pyridine rings is 1. The summed E-state index contributed by atoms with van der Waals surface area (Å²) in [5, 5.41) is 11.4. The zero-order valence-electron chi connectivity index (χ0n) is 18.1. The van der Waals surface area contributed by atoms with Gasteiger partial charge in [0.1, 0.15) is 11.6 Å². The number of hydrogen-bond acceptors (Lipinski definition) is 4. The van der Waals surface area contributed by atoms with Crippen molar-refractivity contribution in [2.75, 3.05) is 5.32 Å². The summed E-state index contributed by atoms with van der Waals surface area (Å²) in [6.07, 6.45) is 1.88. The first-order valence-electron chi connectivity index (χ1n) is 10.0. The Labute approximate surface area is 190 Å². The van der Waals surface area contributed by atoms with E-state index in [0.717, 1.165) is 11.4 Å². The van der Waals surface area contributed by atoms with Crippen LogP contribution in [0.2, 0.25) is 5.02 Å². The number of nitrogens with zero attached hydrogens (tertiary/aromatic N) is 3. The van der Waals surface area contributed by atoms with Gasteiger partial charge >= 0.3 is 0 Å². The number of aromatic nitrogens is 3. The Morgan fingerprint density at radius 2 is 1.81 bits per heavy atom. The Hall–Kier alpha value is -3.45. The van der Waals surface area contributed by atoms with Gasteiger partial charge in [0.05, 0.1) is 0 Å². The van der Waals surface area contributed by atoms with Crippen LogP contribution in [-0.4, -0.2) is 20.5 Å². The molecule has 0 radical (unpaired) electrons. The molecule has 4 aromatic rings. The minimum atomic E-state index is -0.571. The number of carbonyl (C=O) groups is 1. The number of hydrogen-bond donors (Lipinski definition) is 1. The third kappa shape index (κ3) is 4.43. The number of halogens is 2. The van der Waals surface area contributed by atoms with Crippen LogP contribution in [0.25, 0.3) is 16.8 Å². The fraction of sp³-hybridized carbons (Fsp3) is 0.208. The van der Waals surface area contributed by atoms with Crippen molar-refractivity contribution < 1.29 is 13.9 Å². The van der Waals surface area contributed by atoms with Crippen molar-refractivity contribution in [1.82, 2.24) is 14.6 Å². The number of carbonyl (C=O) groups excluding carboxylic acids is 1. The molecule has 164 valence electrons. The van der Waals surface area contributed by atoms with Gasteiger partial charge < -0.3 is 10.1 Å². The molecule has 0 aliphatic rings. The van der Waals surface area contributed by atoms with E-state index in [1.807, 2.05) is 50.4 Å². The van der Waals surface area contributed by atoms with E-state index in [-0.39, 0.29) is 16.7 Å². The monoisotopic (exact) mass is 452 g/mol. The molecule has 4 rings (SSSR count). The molecule has 6 nitrogen and oxygen atoms in total. The highest BCUT2D eigenvalue weighted by molar-refractivity contribution is 6.30. The average molecular weight is 453 g/mol. The zero-order valence-corrected chi connectivity index (χ0v) is 18.9. The summed E-state index contributed by atoms with van der Waals surface area (Å²) in [7, 11) is 0. The topological polar surface area (TPSA) is 68.5 Å². The molecule has 32 heavy (non-hydrogen) atoms. The average Bonchev–Trinajstić information content (AvgIpc) is 3.10. The molecule has 2 aromatic heterocycles. The van der Waals surface area contributed by atoms with E-state index in [0.29, 0.717) is 22.6 Å². The van der Waals surface area contributed by atoms with Crippen molar-refractivity contribution in [1.29, 1.82) is 0 Å². The predicted octanol–water partition coefficient (Wildman–Crippen LogP) is 6.27. The summed E-state index contributed by atoms with van der Waals surface area (Å²) in [6.45, 7) is 7.37. The molecular weight excluding hydrogens is 431 g/mol. The molecule has 0 saturated carbocycles. The Morgan fingerprint density at radius 3 is 2.53 bits per heavy atom. The van der Waals surface area contributed by atoms with Crippen molar-refractivity contribution >= 4 is 28.8 Å². The van der Waals surface area contributed by atoms with Crippen LogP contribution >= 0.6 is 11.6 Å². The number of rotatable bonds is 4. The first-order chi connectivity index (χ1) is 15.1. The third-order valence-electron chi connectivity index (χ3n) is 4.92. The summed E-state index contributed by atoms with van der Waals surface area (Å²) in [5.74, 6) is 0.503. The summed E-state index contributed by atoms with van der Waals surface area (Å²) in [6, 6.07) is 13.2. The second-order valence-electron chi connectivity index (χ2n) is 8.49. The van der Waals surface area contributed by atoms with Crippen molar-refractivity contribution in [3.63, 3.8) is 0 Å². The van der Waals surface area contributed by atoms with Crippen LogP contribution in [0.15, 0.2) is 54.7 Å². The number of benzene rings is 2. The van der Waals surface area contributed by atoms with Crippen molar-refractivity contribution in [3.05, 3.63) is 71.4 Å². The molecule has 0 aliphatic heterocycles. The van der Waals surface area contributed by atoms with Gasteiger partial charge in [-0.25, -0.2) is 4.39 Å². The highest BCUT2D eigenvalue weighted by atomic mass is 35.5. The predicted molar refractivity (Wildman–Crippen MR) is 123 cm³/mol. The summed E-state index contributed by atoms with van der Waals surface area (Å²) >= 11 is 5.86. The number of anilines is 1. The maximum Gasteiger partial charge on any atom is 0.229 e. The van der Waals surface area contributed by atoms with E-state index in [1.165, 1.54) is 12.1 Å². The van der Waals surface area contributed by atoms with Crippen LogP contribution in [-0.2, 0) is 4.79 Å².